The third-order valence-electron chi connectivity index (χ3n) is 5.50. The van der Waals surface area contributed by atoms with Gasteiger partial charge in [0.1, 0.15) is 0 Å². The Balaban J connectivity index is 1.59. The van der Waals surface area contributed by atoms with Crippen LogP contribution in [-0.2, 0) is 6.54 Å². The fourth-order valence-electron chi connectivity index (χ4n) is 3.94. The van der Waals surface area contributed by atoms with Gasteiger partial charge in [-0.1, -0.05) is 59.1 Å². The molecule has 1 aliphatic heterocycles. The smallest absolute Gasteiger partial charge is 0.0670 e. The predicted molar refractivity (Wildman–Crippen MR) is 132 cm³/mol. The number of benzene rings is 3. The Morgan fingerprint density at radius 2 is 1.57 bits per heavy atom. The van der Waals surface area contributed by atoms with E-state index in [0.717, 1.165) is 36.9 Å². The monoisotopic (exact) mass is 476 g/mol. The lowest BCUT2D eigenvalue weighted by atomic mass is 10.0. The standard InChI is InChI=1S/C24H23Cl3N2S/c1-30-21-9-2-17(3-10-21)15-28-12-13-29(23-11-8-20(26)14-22(23)27)24(16-28)18-4-6-19(25)7-5-18/h2-11,14,24H,12-13,15-16H2,1H3. The van der Waals surface area contributed by atoms with E-state index in [0.29, 0.717) is 10.0 Å². The summed E-state index contributed by atoms with van der Waals surface area (Å²) in [6.07, 6.45) is 2.10. The van der Waals surface area contributed by atoms with Crippen molar-refractivity contribution in [1.82, 2.24) is 4.90 Å². The Kier molecular flexibility index (Phi) is 7.17. The van der Waals surface area contributed by atoms with Crippen LogP contribution in [0.4, 0.5) is 5.69 Å². The van der Waals surface area contributed by atoms with Gasteiger partial charge in [-0.2, -0.15) is 0 Å². The molecule has 3 aromatic rings. The molecule has 1 atom stereocenters. The lowest BCUT2D eigenvalue weighted by Gasteiger charge is -2.43. The van der Waals surface area contributed by atoms with E-state index in [1.54, 1.807) is 11.8 Å². The minimum absolute atomic E-state index is 0.181. The molecular formula is C24H23Cl3N2S. The van der Waals surface area contributed by atoms with Gasteiger partial charge in [-0.3, -0.25) is 4.90 Å². The minimum atomic E-state index is 0.181. The molecule has 6 heteroatoms. The van der Waals surface area contributed by atoms with Gasteiger partial charge in [-0.15, -0.1) is 11.8 Å². The minimum Gasteiger partial charge on any atom is -0.361 e. The number of hydrogen-bond donors (Lipinski definition) is 0. The molecular weight excluding hydrogens is 455 g/mol. The number of hydrogen-bond acceptors (Lipinski definition) is 3. The molecule has 0 N–H and O–H groups in total. The van der Waals surface area contributed by atoms with Crippen molar-refractivity contribution in [3.8, 4) is 0 Å². The number of piperazine rings is 1. The molecule has 0 amide bonds. The van der Waals surface area contributed by atoms with Crippen LogP contribution >= 0.6 is 46.6 Å². The summed E-state index contributed by atoms with van der Waals surface area (Å²) in [4.78, 5) is 6.18. The summed E-state index contributed by atoms with van der Waals surface area (Å²) in [5.74, 6) is 0. The highest BCUT2D eigenvalue weighted by Crippen LogP contribution is 2.37. The zero-order chi connectivity index (χ0) is 21.1. The maximum atomic E-state index is 6.57. The Bertz CT molecular complexity index is 992. The Labute approximate surface area is 197 Å². The molecule has 0 saturated carbocycles. The first-order valence-corrected chi connectivity index (χ1v) is 12.2. The van der Waals surface area contributed by atoms with E-state index in [1.165, 1.54) is 16.0 Å². The van der Waals surface area contributed by atoms with E-state index in [9.17, 15) is 0 Å². The molecule has 2 nitrogen and oxygen atoms in total. The summed E-state index contributed by atoms with van der Waals surface area (Å²) in [5.41, 5.74) is 3.58. The highest BCUT2D eigenvalue weighted by molar-refractivity contribution is 7.98. The molecule has 1 unspecified atom stereocenters. The Morgan fingerprint density at radius 1 is 0.867 bits per heavy atom. The van der Waals surface area contributed by atoms with Crippen LogP contribution in [0.1, 0.15) is 17.2 Å². The quantitative estimate of drug-likeness (QED) is 0.353. The van der Waals surface area contributed by atoms with Gasteiger partial charge in [0.15, 0.2) is 0 Å². The van der Waals surface area contributed by atoms with Crippen LogP contribution in [0.5, 0.6) is 0 Å². The van der Waals surface area contributed by atoms with Gasteiger partial charge in [-0.25, -0.2) is 0 Å². The summed E-state index contributed by atoms with van der Waals surface area (Å²) in [6, 6.07) is 22.9. The number of rotatable bonds is 5. The lowest BCUT2D eigenvalue weighted by molar-refractivity contribution is 0.215. The number of halogens is 3. The first-order valence-electron chi connectivity index (χ1n) is 9.86. The molecule has 4 rings (SSSR count). The third kappa shape index (κ3) is 5.09. The molecule has 0 aliphatic carbocycles. The number of nitrogens with zero attached hydrogens (tertiary/aromatic N) is 2. The van der Waals surface area contributed by atoms with Crippen LogP contribution in [0.15, 0.2) is 71.6 Å². The SMILES string of the molecule is CSc1ccc(CN2CCN(c3ccc(Cl)cc3Cl)C(c3ccc(Cl)cc3)C2)cc1. The zero-order valence-corrected chi connectivity index (χ0v) is 19.8. The van der Waals surface area contributed by atoms with E-state index in [-0.39, 0.29) is 6.04 Å². The molecule has 0 radical (unpaired) electrons. The van der Waals surface area contributed by atoms with Crippen molar-refractivity contribution in [3.05, 3.63) is 92.9 Å². The average Bonchev–Trinajstić information content (AvgIpc) is 2.75. The molecule has 0 bridgehead atoms. The fraction of sp³-hybridized carbons (Fsp3) is 0.250. The fourth-order valence-corrected chi connectivity index (χ4v) is 5.00. The Hall–Kier alpha value is -1.36. The van der Waals surface area contributed by atoms with Gasteiger partial charge >= 0.3 is 0 Å². The van der Waals surface area contributed by atoms with E-state index < -0.39 is 0 Å². The number of anilines is 1. The van der Waals surface area contributed by atoms with E-state index in [1.807, 2.05) is 30.3 Å². The van der Waals surface area contributed by atoms with Crippen molar-refractivity contribution in [2.45, 2.75) is 17.5 Å². The summed E-state index contributed by atoms with van der Waals surface area (Å²) in [6.45, 7) is 3.69. The second kappa shape index (κ2) is 9.84. The molecule has 156 valence electrons. The molecule has 0 aromatic heterocycles. The van der Waals surface area contributed by atoms with Gasteiger partial charge in [0.2, 0.25) is 0 Å². The van der Waals surface area contributed by atoms with E-state index in [4.69, 9.17) is 34.8 Å². The highest BCUT2D eigenvalue weighted by Gasteiger charge is 2.29. The molecule has 3 aromatic carbocycles. The maximum Gasteiger partial charge on any atom is 0.0670 e. The van der Waals surface area contributed by atoms with Crippen LogP contribution in [0.2, 0.25) is 15.1 Å². The van der Waals surface area contributed by atoms with Crippen LogP contribution in [0.25, 0.3) is 0 Å². The third-order valence-corrected chi connectivity index (χ3v) is 7.04. The normalized spacial score (nSPS) is 17.3. The average molecular weight is 478 g/mol. The van der Waals surface area contributed by atoms with Gasteiger partial charge in [0.05, 0.1) is 16.8 Å². The first kappa shape index (κ1) is 21.9. The van der Waals surface area contributed by atoms with Crippen LogP contribution in [0, 0.1) is 0 Å². The summed E-state index contributed by atoms with van der Waals surface area (Å²) >= 11 is 20.6. The largest absolute Gasteiger partial charge is 0.361 e. The number of thioether (sulfide) groups is 1. The van der Waals surface area contributed by atoms with Crippen LogP contribution in [-0.4, -0.2) is 30.8 Å². The molecule has 1 fully saturated rings. The van der Waals surface area contributed by atoms with Crippen molar-refractivity contribution >= 4 is 52.3 Å². The summed E-state index contributed by atoms with van der Waals surface area (Å²) < 4.78 is 0. The van der Waals surface area contributed by atoms with E-state index >= 15 is 0 Å². The van der Waals surface area contributed by atoms with Crippen molar-refractivity contribution in [3.63, 3.8) is 0 Å². The summed E-state index contributed by atoms with van der Waals surface area (Å²) in [7, 11) is 0. The van der Waals surface area contributed by atoms with Crippen molar-refractivity contribution in [2.24, 2.45) is 0 Å². The van der Waals surface area contributed by atoms with Crippen LogP contribution in [0.3, 0.4) is 0 Å². The van der Waals surface area contributed by atoms with Crippen molar-refractivity contribution in [1.29, 1.82) is 0 Å². The molecule has 1 heterocycles. The van der Waals surface area contributed by atoms with Crippen molar-refractivity contribution in [2.75, 3.05) is 30.8 Å². The molecule has 30 heavy (non-hydrogen) atoms. The van der Waals surface area contributed by atoms with Gasteiger partial charge in [0.25, 0.3) is 0 Å². The van der Waals surface area contributed by atoms with E-state index in [2.05, 4.69) is 52.5 Å². The lowest BCUT2D eigenvalue weighted by Crippen LogP contribution is -2.48. The predicted octanol–water partition coefficient (Wildman–Crippen LogP) is 7.43. The first-order chi connectivity index (χ1) is 14.5. The topological polar surface area (TPSA) is 6.48 Å². The van der Waals surface area contributed by atoms with Crippen LogP contribution < -0.4 is 4.90 Å². The van der Waals surface area contributed by atoms with Gasteiger partial charge in [-0.05, 0) is 59.8 Å². The highest BCUT2D eigenvalue weighted by atomic mass is 35.5. The van der Waals surface area contributed by atoms with Crippen molar-refractivity contribution < 1.29 is 0 Å². The second-order valence-electron chi connectivity index (χ2n) is 7.44. The Morgan fingerprint density at radius 3 is 2.23 bits per heavy atom. The van der Waals surface area contributed by atoms with Gasteiger partial charge in [0, 0.05) is 41.1 Å². The maximum absolute atomic E-state index is 6.57. The van der Waals surface area contributed by atoms with Gasteiger partial charge < -0.3 is 4.90 Å². The summed E-state index contributed by atoms with van der Waals surface area (Å²) in [5, 5.41) is 2.08. The molecule has 1 saturated heterocycles. The second-order valence-corrected chi connectivity index (χ2v) is 9.60. The molecule has 1 aliphatic rings. The zero-order valence-electron chi connectivity index (χ0n) is 16.7. The molecule has 0 spiro atoms.